The van der Waals surface area contributed by atoms with Gasteiger partial charge in [-0.15, -0.1) is 0 Å². The highest BCUT2D eigenvalue weighted by atomic mass is 32.2. The molecule has 0 saturated heterocycles. The minimum absolute atomic E-state index is 0.0992. The van der Waals surface area contributed by atoms with Crippen LogP contribution in [0.5, 0.6) is 0 Å². The highest BCUT2D eigenvalue weighted by molar-refractivity contribution is 7.98. The zero-order valence-electron chi connectivity index (χ0n) is 18.2. The van der Waals surface area contributed by atoms with E-state index in [0.29, 0.717) is 17.9 Å². The molecule has 0 bridgehead atoms. The van der Waals surface area contributed by atoms with Crippen molar-refractivity contribution in [1.82, 2.24) is 10.0 Å². The van der Waals surface area contributed by atoms with Crippen LogP contribution in [-0.2, 0) is 19.6 Å². The van der Waals surface area contributed by atoms with Crippen molar-refractivity contribution in [3.05, 3.63) is 59.9 Å². The quantitative estimate of drug-likeness (QED) is 0.456. The molecule has 0 aromatic heterocycles. The largest absolute Gasteiger partial charge is 0.348 e. The molecule has 0 aliphatic rings. The van der Waals surface area contributed by atoms with Crippen molar-refractivity contribution in [1.29, 1.82) is 0 Å². The molecule has 0 spiro atoms. The monoisotopic (exact) mass is 481 g/mol. The first kappa shape index (κ1) is 25.8. The summed E-state index contributed by atoms with van der Waals surface area (Å²) in [6, 6.07) is 10.6. The molecule has 3 N–H and O–H groups in total. The molecular formula is C22H28FN3O4S2. The predicted octanol–water partition coefficient (Wildman–Crippen LogP) is 3.45. The number of carbonyl (C=O) groups is 2. The number of halogens is 1. The lowest BCUT2D eigenvalue weighted by Crippen LogP contribution is -2.47. The fraction of sp³-hybridized carbons (Fsp3) is 0.364. The molecule has 174 valence electrons. The summed E-state index contributed by atoms with van der Waals surface area (Å²) < 4.78 is 41.7. The van der Waals surface area contributed by atoms with Crippen LogP contribution in [0, 0.1) is 5.82 Å². The van der Waals surface area contributed by atoms with Crippen LogP contribution in [0.2, 0.25) is 0 Å². The van der Waals surface area contributed by atoms with E-state index in [1.165, 1.54) is 23.9 Å². The van der Waals surface area contributed by atoms with Crippen LogP contribution in [0.1, 0.15) is 38.3 Å². The van der Waals surface area contributed by atoms with E-state index >= 15 is 0 Å². The SMILES string of the molecule is CCC(=O)Nc1ccc(C(C)NC(=O)C(CCSC)NS(=O)(=O)c2ccccc2F)cc1. The maximum atomic E-state index is 14.0. The number of thioether (sulfide) groups is 1. The Kier molecular flexibility index (Phi) is 9.67. The zero-order chi connectivity index (χ0) is 23.7. The van der Waals surface area contributed by atoms with Gasteiger partial charge in [0.25, 0.3) is 0 Å². The second-order valence-electron chi connectivity index (χ2n) is 7.14. The Morgan fingerprint density at radius 3 is 2.34 bits per heavy atom. The van der Waals surface area contributed by atoms with E-state index in [4.69, 9.17) is 0 Å². The molecule has 2 rings (SSSR count). The standard InChI is InChI=1S/C22H28FN3O4S2/c1-4-21(27)25-17-11-9-16(10-12-17)15(2)24-22(28)19(13-14-31-3)26-32(29,30)20-8-6-5-7-18(20)23/h5-12,15,19,26H,4,13-14H2,1-3H3,(H,24,28)(H,25,27). The molecule has 7 nitrogen and oxygen atoms in total. The van der Waals surface area contributed by atoms with Gasteiger partial charge in [-0.1, -0.05) is 31.2 Å². The first-order valence-electron chi connectivity index (χ1n) is 10.1. The normalized spacial score (nSPS) is 13.2. The van der Waals surface area contributed by atoms with Crippen LogP contribution in [0.25, 0.3) is 0 Å². The highest BCUT2D eigenvalue weighted by Crippen LogP contribution is 2.18. The summed E-state index contributed by atoms with van der Waals surface area (Å²) in [5.41, 5.74) is 1.43. The lowest BCUT2D eigenvalue weighted by atomic mass is 10.1. The minimum atomic E-state index is -4.22. The van der Waals surface area contributed by atoms with Crippen molar-refractivity contribution in [2.45, 2.75) is 43.7 Å². The van der Waals surface area contributed by atoms with Crippen LogP contribution in [-0.4, -0.2) is 38.3 Å². The van der Waals surface area contributed by atoms with Gasteiger partial charge in [0.05, 0.1) is 6.04 Å². The molecule has 32 heavy (non-hydrogen) atoms. The van der Waals surface area contributed by atoms with Gasteiger partial charge in [0.1, 0.15) is 16.8 Å². The number of hydrogen-bond donors (Lipinski definition) is 3. The third kappa shape index (κ3) is 7.32. The van der Waals surface area contributed by atoms with Gasteiger partial charge < -0.3 is 10.6 Å². The van der Waals surface area contributed by atoms with Crippen LogP contribution in [0.15, 0.2) is 53.4 Å². The predicted molar refractivity (Wildman–Crippen MR) is 125 cm³/mol. The number of rotatable bonds is 11. The Labute approximate surface area is 192 Å². The second-order valence-corrected chi connectivity index (χ2v) is 9.81. The molecule has 2 amide bonds. The van der Waals surface area contributed by atoms with Crippen molar-refractivity contribution in [2.75, 3.05) is 17.3 Å². The number of hydrogen-bond acceptors (Lipinski definition) is 5. The molecule has 2 aromatic rings. The Hall–Kier alpha value is -2.43. The second kappa shape index (κ2) is 12.0. The number of nitrogens with one attached hydrogen (secondary N) is 3. The number of amides is 2. The van der Waals surface area contributed by atoms with Gasteiger partial charge >= 0.3 is 0 Å². The topological polar surface area (TPSA) is 104 Å². The smallest absolute Gasteiger partial charge is 0.244 e. The van der Waals surface area contributed by atoms with Gasteiger partial charge in [-0.3, -0.25) is 9.59 Å². The number of benzene rings is 2. The van der Waals surface area contributed by atoms with Gasteiger partial charge in [0, 0.05) is 12.1 Å². The summed E-state index contributed by atoms with van der Waals surface area (Å²) in [5, 5.41) is 5.56. The molecule has 2 unspecified atom stereocenters. The number of carbonyl (C=O) groups excluding carboxylic acids is 2. The summed E-state index contributed by atoms with van der Waals surface area (Å²) in [6.07, 6.45) is 2.46. The fourth-order valence-electron chi connectivity index (χ4n) is 2.89. The van der Waals surface area contributed by atoms with Crippen molar-refractivity contribution in [2.24, 2.45) is 0 Å². The molecular weight excluding hydrogens is 453 g/mol. The van der Waals surface area contributed by atoms with E-state index in [1.807, 2.05) is 6.26 Å². The maximum Gasteiger partial charge on any atom is 0.244 e. The van der Waals surface area contributed by atoms with Gasteiger partial charge in [-0.25, -0.2) is 12.8 Å². The zero-order valence-corrected chi connectivity index (χ0v) is 19.9. The fourth-order valence-corrected chi connectivity index (χ4v) is 4.67. The van der Waals surface area contributed by atoms with E-state index in [1.54, 1.807) is 38.1 Å². The molecule has 0 heterocycles. The molecule has 0 saturated carbocycles. The molecule has 0 radical (unpaired) electrons. The summed E-state index contributed by atoms with van der Waals surface area (Å²) in [7, 11) is -4.22. The minimum Gasteiger partial charge on any atom is -0.348 e. The van der Waals surface area contributed by atoms with Gasteiger partial charge in [-0.05, 0) is 55.2 Å². The molecule has 0 aliphatic carbocycles. The average molecular weight is 482 g/mol. The maximum absolute atomic E-state index is 14.0. The summed E-state index contributed by atoms with van der Waals surface area (Å²) in [4.78, 5) is 23.9. The van der Waals surface area contributed by atoms with Crippen molar-refractivity contribution < 1.29 is 22.4 Å². The van der Waals surface area contributed by atoms with E-state index in [2.05, 4.69) is 15.4 Å². The average Bonchev–Trinajstić information content (AvgIpc) is 2.77. The van der Waals surface area contributed by atoms with Gasteiger partial charge in [-0.2, -0.15) is 16.5 Å². The molecule has 10 heteroatoms. The van der Waals surface area contributed by atoms with E-state index in [9.17, 15) is 22.4 Å². The lowest BCUT2D eigenvalue weighted by molar-refractivity contribution is -0.123. The molecule has 2 atom stereocenters. The first-order valence-corrected chi connectivity index (χ1v) is 13.0. The van der Waals surface area contributed by atoms with E-state index in [0.717, 1.165) is 17.7 Å². The lowest BCUT2D eigenvalue weighted by Gasteiger charge is -2.22. The summed E-state index contributed by atoms with van der Waals surface area (Å²) in [5.74, 6) is -0.946. The van der Waals surface area contributed by atoms with Crippen LogP contribution in [0.4, 0.5) is 10.1 Å². The van der Waals surface area contributed by atoms with Crippen LogP contribution >= 0.6 is 11.8 Å². The summed E-state index contributed by atoms with van der Waals surface area (Å²) in [6.45, 7) is 3.53. The van der Waals surface area contributed by atoms with Crippen molar-refractivity contribution in [3.63, 3.8) is 0 Å². The molecule has 0 aliphatic heterocycles. The Morgan fingerprint density at radius 2 is 1.75 bits per heavy atom. The molecule has 2 aromatic carbocycles. The number of anilines is 1. The van der Waals surface area contributed by atoms with Gasteiger partial charge in [0.15, 0.2) is 0 Å². The van der Waals surface area contributed by atoms with Crippen LogP contribution < -0.4 is 15.4 Å². The van der Waals surface area contributed by atoms with E-state index < -0.39 is 38.7 Å². The third-order valence-corrected chi connectivity index (χ3v) is 6.87. The Bertz CT molecular complexity index is 1030. The van der Waals surface area contributed by atoms with Crippen molar-refractivity contribution in [3.8, 4) is 0 Å². The van der Waals surface area contributed by atoms with E-state index in [-0.39, 0.29) is 12.3 Å². The highest BCUT2D eigenvalue weighted by Gasteiger charge is 2.28. The Balaban J connectivity index is 2.12. The van der Waals surface area contributed by atoms with Gasteiger partial charge in [0.2, 0.25) is 21.8 Å². The Morgan fingerprint density at radius 1 is 1.09 bits per heavy atom. The number of sulfonamides is 1. The third-order valence-electron chi connectivity index (χ3n) is 4.73. The van der Waals surface area contributed by atoms with Crippen LogP contribution in [0.3, 0.4) is 0 Å². The van der Waals surface area contributed by atoms with Crippen molar-refractivity contribution >= 4 is 39.3 Å². The molecule has 0 fully saturated rings. The summed E-state index contributed by atoms with van der Waals surface area (Å²) >= 11 is 1.47. The first-order chi connectivity index (χ1) is 15.2.